The molecule has 0 fully saturated rings. The Morgan fingerprint density at radius 1 is 1.21 bits per heavy atom. The van der Waals surface area contributed by atoms with Crippen molar-refractivity contribution < 1.29 is 4.79 Å². The Morgan fingerprint density at radius 2 is 2.00 bits per heavy atom. The smallest absolute Gasteiger partial charge is 0.169 e. The van der Waals surface area contributed by atoms with Crippen LogP contribution in [-0.2, 0) is 12.8 Å². The van der Waals surface area contributed by atoms with Crippen LogP contribution in [0.4, 0.5) is 0 Å². The van der Waals surface area contributed by atoms with Crippen LogP contribution in [0.15, 0.2) is 47.1 Å². The molecule has 1 heterocycles. The number of nitrogens with zero attached hydrogens (tertiary/aromatic N) is 1. The van der Waals surface area contributed by atoms with Crippen LogP contribution < -0.4 is 5.73 Å². The van der Waals surface area contributed by atoms with E-state index in [4.69, 9.17) is 5.73 Å². The highest BCUT2D eigenvalue weighted by molar-refractivity contribution is 9.10. The molecule has 1 aromatic carbocycles. The fourth-order valence-electron chi connectivity index (χ4n) is 1.94. The molecule has 0 unspecified atom stereocenters. The number of benzene rings is 1. The first-order valence-corrected chi connectivity index (χ1v) is 6.91. The van der Waals surface area contributed by atoms with Crippen molar-refractivity contribution in [2.75, 3.05) is 6.54 Å². The maximum atomic E-state index is 12.3. The average molecular weight is 319 g/mol. The topological polar surface area (TPSA) is 56.0 Å². The van der Waals surface area contributed by atoms with E-state index in [0.29, 0.717) is 13.0 Å². The Labute approximate surface area is 121 Å². The zero-order valence-electron chi connectivity index (χ0n) is 10.5. The number of hydrogen-bond donors (Lipinski definition) is 1. The minimum atomic E-state index is 0.0823. The summed E-state index contributed by atoms with van der Waals surface area (Å²) in [5.74, 6) is 0.0823. The van der Waals surface area contributed by atoms with Crippen LogP contribution >= 0.6 is 15.9 Å². The molecule has 4 heteroatoms. The van der Waals surface area contributed by atoms with Crippen molar-refractivity contribution in [1.29, 1.82) is 0 Å². The van der Waals surface area contributed by atoms with Gasteiger partial charge < -0.3 is 5.73 Å². The molecular weight excluding hydrogens is 304 g/mol. The first-order chi connectivity index (χ1) is 9.20. The molecule has 0 saturated heterocycles. The number of pyridine rings is 1. The van der Waals surface area contributed by atoms with E-state index in [1.807, 2.05) is 36.4 Å². The molecular formula is C15H15BrN2O. The van der Waals surface area contributed by atoms with Crippen LogP contribution in [-0.4, -0.2) is 17.3 Å². The van der Waals surface area contributed by atoms with Gasteiger partial charge in [-0.05, 0) is 46.6 Å². The fourth-order valence-corrected chi connectivity index (χ4v) is 2.17. The molecule has 3 nitrogen and oxygen atoms in total. The van der Waals surface area contributed by atoms with Gasteiger partial charge in [-0.25, -0.2) is 0 Å². The second-order valence-electron chi connectivity index (χ2n) is 4.26. The van der Waals surface area contributed by atoms with Crippen molar-refractivity contribution in [2.45, 2.75) is 12.8 Å². The zero-order chi connectivity index (χ0) is 13.7. The van der Waals surface area contributed by atoms with Crippen LogP contribution in [0.2, 0.25) is 0 Å². The van der Waals surface area contributed by atoms with Gasteiger partial charge in [0.15, 0.2) is 5.78 Å². The van der Waals surface area contributed by atoms with E-state index in [9.17, 15) is 4.79 Å². The van der Waals surface area contributed by atoms with E-state index in [1.165, 1.54) is 0 Å². The van der Waals surface area contributed by atoms with Gasteiger partial charge in [0.1, 0.15) is 0 Å². The first-order valence-electron chi connectivity index (χ1n) is 6.12. The number of halogens is 1. The highest BCUT2D eigenvalue weighted by atomic mass is 79.9. The summed E-state index contributed by atoms with van der Waals surface area (Å²) < 4.78 is 0.909. The summed E-state index contributed by atoms with van der Waals surface area (Å²) in [4.78, 5) is 16.5. The van der Waals surface area contributed by atoms with Gasteiger partial charge in [-0.1, -0.05) is 24.3 Å². The van der Waals surface area contributed by atoms with E-state index in [1.54, 1.807) is 6.20 Å². The minimum absolute atomic E-state index is 0.0823. The van der Waals surface area contributed by atoms with Gasteiger partial charge in [0.2, 0.25) is 0 Å². The second-order valence-corrected chi connectivity index (χ2v) is 5.18. The van der Waals surface area contributed by atoms with E-state index < -0.39 is 0 Å². The van der Waals surface area contributed by atoms with Crippen molar-refractivity contribution in [2.24, 2.45) is 5.73 Å². The quantitative estimate of drug-likeness (QED) is 0.862. The lowest BCUT2D eigenvalue weighted by Gasteiger charge is -2.07. The monoisotopic (exact) mass is 318 g/mol. The molecule has 0 amide bonds. The summed E-state index contributed by atoms with van der Waals surface area (Å²) in [5.41, 5.74) is 8.10. The number of ketones is 1. The van der Waals surface area contributed by atoms with Gasteiger partial charge in [0.05, 0.1) is 6.42 Å². The summed E-state index contributed by atoms with van der Waals surface area (Å²) in [6.07, 6.45) is 2.74. The third kappa shape index (κ3) is 3.72. The van der Waals surface area contributed by atoms with Crippen LogP contribution in [0.5, 0.6) is 0 Å². The molecule has 2 N–H and O–H groups in total. The summed E-state index contributed by atoms with van der Waals surface area (Å²) >= 11 is 3.33. The number of nitrogens with two attached hydrogens (primary N) is 1. The number of carbonyl (C=O) groups is 1. The van der Waals surface area contributed by atoms with Gasteiger partial charge >= 0.3 is 0 Å². The Hall–Kier alpha value is -1.52. The van der Waals surface area contributed by atoms with Crippen molar-refractivity contribution in [3.8, 4) is 0 Å². The third-order valence-electron chi connectivity index (χ3n) is 2.86. The van der Waals surface area contributed by atoms with Gasteiger partial charge in [-0.2, -0.15) is 0 Å². The lowest BCUT2D eigenvalue weighted by molar-refractivity contribution is 0.0991. The predicted molar refractivity (Wildman–Crippen MR) is 79.2 cm³/mol. The summed E-state index contributed by atoms with van der Waals surface area (Å²) in [6.45, 7) is 0.542. The molecule has 0 bridgehead atoms. The standard InChI is InChI=1S/C15H15BrN2O/c16-12-5-6-13(18-10-12)9-15(19)14-4-2-1-3-11(14)7-8-17/h1-6,10H,7-9,17H2. The van der Waals surface area contributed by atoms with Crippen LogP contribution in [0, 0.1) is 0 Å². The Bertz CT molecular complexity index is 567. The SMILES string of the molecule is NCCc1ccccc1C(=O)Cc1ccc(Br)cn1. The molecule has 2 rings (SSSR count). The normalized spacial score (nSPS) is 10.4. The highest BCUT2D eigenvalue weighted by Crippen LogP contribution is 2.14. The average Bonchev–Trinajstić information content (AvgIpc) is 2.42. The maximum Gasteiger partial charge on any atom is 0.169 e. The molecule has 0 atom stereocenters. The summed E-state index contributed by atoms with van der Waals surface area (Å²) in [5, 5.41) is 0. The van der Waals surface area contributed by atoms with E-state index in [0.717, 1.165) is 27.7 Å². The van der Waals surface area contributed by atoms with Gasteiger partial charge in [-0.15, -0.1) is 0 Å². The minimum Gasteiger partial charge on any atom is -0.330 e. The van der Waals surface area contributed by atoms with Crippen molar-refractivity contribution >= 4 is 21.7 Å². The molecule has 0 aliphatic rings. The number of carbonyl (C=O) groups excluding carboxylic acids is 1. The number of rotatable bonds is 5. The summed E-state index contributed by atoms with van der Waals surface area (Å²) in [7, 11) is 0. The molecule has 0 radical (unpaired) electrons. The fraction of sp³-hybridized carbons (Fsp3) is 0.200. The van der Waals surface area contributed by atoms with Gasteiger partial charge in [0, 0.05) is 21.9 Å². The van der Waals surface area contributed by atoms with Crippen molar-refractivity contribution in [1.82, 2.24) is 4.98 Å². The van der Waals surface area contributed by atoms with Crippen LogP contribution in [0.25, 0.3) is 0 Å². The number of hydrogen-bond acceptors (Lipinski definition) is 3. The van der Waals surface area contributed by atoms with Gasteiger partial charge in [-0.3, -0.25) is 9.78 Å². The molecule has 0 aliphatic heterocycles. The van der Waals surface area contributed by atoms with Crippen LogP contribution in [0.3, 0.4) is 0 Å². The number of Topliss-reactive ketones (excluding diaryl/α,β-unsaturated/α-hetero) is 1. The molecule has 19 heavy (non-hydrogen) atoms. The highest BCUT2D eigenvalue weighted by Gasteiger charge is 2.11. The van der Waals surface area contributed by atoms with Crippen LogP contribution in [0.1, 0.15) is 21.6 Å². The Kier molecular flexibility index (Phi) is 4.82. The van der Waals surface area contributed by atoms with E-state index in [2.05, 4.69) is 20.9 Å². The predicted octanol–water partition coefficient (Wildman–Crippen LogP) is 2.77. The van der Waals surface area contributed by atoms with E-state index in [-0.39, 0.29) is 5.78 Å². The largest absolute Gasteiger partial charge is 0.330 e. The molecule has 2 aromatic rings. The first kappa shape index (κ1) is 13.9. The van der Waals surface area contributed by atoms with E-state index >= 15 is 0 Å². The molecule has 0 spiro atoms. The Morgan fingerprint density at radius 3 is 2.68 bits per heavy atom. The lowest BCUT2D eigenvalue weighted by atomic mass is 9.98. The molecule has 0 aliphatic carbocycles. The van der Waals surface area contributed by atoms with Gasteiger partial charge in [0.25, 0.3) is 0 Å². The second kappa shape index (κ2) is 6.59. The lowest BCUT2D eigenvalue weighted by Crippen LogP contribution is -2.11. The molecule has 98 valence electrons. The molecule has 0 saturated carbocycles. The maximum absolute atomic E-state index is 12.3. The summed E-state index contributed by atoms with van der Waals surface area (Å²) in [6, 6.07) is 11.4. The molecule has 1 aromatic heterocycles. The Balaban J connectivity index is 2.18. The zero-order valence-corrected chi connectivity index (χ0v) is 12.1. The number of aromatic nitrogens is 1. The van der Waals surface area contributed by atoms with Crippen molar-refractivity contribution in [3.63, 3.8) is 0 Å². The third-order valence-corrected chi connectivity index (χ3v) is 3.33. The van der Waals surface area contributed by atoms with Crippen molar-refractivity contribution in [3.05, 3.63) is 63.9 Å².